The lowest BCUT2D eigenvalue weighted by atomic mass is 10.3. The number of aromatic nitrogens is 4. The minimum atomic E-state index is -0.365. The Hall–Kier alpha value is -3.75. The normalized spacial score (nSPS) is 10.3. The lowest BCUT2D eigenvalue weighted by Gasteiger charge is -2.09. The van der Waals surface area contributed by atoms with Crippen molar-refractivity contribution in [3.63, 3.8) is 0 Å². The van der Waals surface area contributed by atoms with E-state index >= 15 is 0 Å². The Bertz CT molecular complexity index is 932. The van der Waals surface area contributed by atoms with Crippen LogP contribution in [0.4, 0.5) is 17.2 Å². The molecule has 0 unspecified atom stereocenters. The largest absolute Gasteiger partial charge is 0.477 e. The van der Waals surface area contributed by atoms with E-state index < -0.39 is 0 Å². The molecule has 4 N–H and O–H groups in total. The Labute approximate surface area is 162 Å². The van der Waals surface area contributed by atoms with E-state index in [4.69, 9.17) is 10.5 Å². The Morgan fingerprint density at radius 3 is 2.79 bits per heavy atom. The van der Waals surface area contributed by atoms with Crippen LogP contribution in [0, 0.1) is 0 Å². The summed E-state index contributed by atoms with van der Waals surface area (Å²) >= 11 is 0. The quantitative estimate of drug-likeness (QED) is 0.545. The molecule has 9 nitrogen and oxygen atoms in total. The second-order valence-corrected chi connectivity index (χ2v) is 5.87. The summed E-state index contributed by atoms with van der Waals surface area (Å²) in [5, 5.41) is 5.95. The molecule has 28 heavy (non-hydrogen) atoms. The average molecular weight is 379 g/mol. The molecule has 0 saturated heterocycles. The molecule has 0 aliphatic heterocycles. The molecule has 3 heterocycles. The molecule has 3 rings (SSSR count). The third-order valence-electron chi connectivity index (χ3n) is 3.69. The van der Waals surface area contributed by atoms with Crippen LogP contribution in [0.1, 0.15) is 29.5 Å². The second kappa shape index (κ2) is 9.26. The number of hydrogen-bond acceptors (Lipinski definition) is 8. The Balaban J connectivity index is 1.60. The number of rotatable bonds is 8. The maximum atomic E-state index is 12.4. The van der Waals surface area contributed by atoms with Gasteiger partial charge in [0.2, 0.25) is 5.88 Å². The number of amides is 1. The average Bonchev–Trinajstić information content (AvgIpc) is 2.72. The van der Waals surface area contributed by atoms with E-state index in [0.29, 0.717) is 30.5 Å². The summed E-state index contributed by atoms with van der Waals surface area (Å²) in [6, 6.07) is 7.10. The molecule has 0 fully saturated rings. The fourth-order valence-electron chi connectivity index (χ4n) is 2.32. The van der Waals surface area contributed by atoms with Crippen LogP contribution in [0.25, 0.3) is 0 Å². The van der Waals surface area contributed by atoms with E-state index in [2.05, 4.69) is 30.6 Å². The summed E-state index contributed by atoms with van der Waals surface area (Å²) in [6.07, 6.45) is 6.93. The first-order chi connectivity index (χ1) is 13.7. The highest BCUT2D eigenvalue weighted by molar-refractivity contribution is 6.02. The number of hydrogen-bond donors (Lipinski definition) is 3. The van der Waals surface area contributed by atoms with Crippen molar-refractivity contribution in [3.05, 3.63) is 60.4 Å². The van der Waals surface area contributed by atoms with Gasteiger partial charge in [0.15, 0.2) is 0 Å². The molecule has 144 valence electrons. The van der Waals surface area contributed by atoms with Crippen molar-refractivity contribution in [1.82, 2.24) is 19.9 Å². The van der Waals surface area contributed by atoms with E-state index in [-0.39, 0.29) is 11.6 Å². The van der Waals surface area contributed by atoms with Gasteiger partial charge in [-0.05, 0) is 30.7 Å². The fourth-order valence-corrected chi connectivity index (χ4v) is 2.32. The predicted molar refractivity (Wildman–Crippen MR) is 106 cm³/mol. The SMILES string of the molecule is CCCOc1cnc(C(=O)Nc2ccnc(CNc3cccnc3N)c2)cn1. The Morgan fingerprint density at radius 2 is 2.04 bits per heavy atom. The molecule has 0 saturated carbocycles. The summed E-state index contributed by atoms with van der Waals surface area (Å²) in [4.78, 5) is 28.8. The zero-order chi connectivity index (χ0) is 19.8. The van der Waals surface area contributed by atoms with Crippen LogP contribution in [0.15, 0.2) is 49.1 Å². The highest BCUT2D eigenvalue weighted by atomic mass is 16.5. The predicted octanol–water partition coefficient (Wildman–Crippen LogP) is 2.50. The van der Waals surface area contributed by atoms with Crippen molar-refractivity contribution in [2.45, 2.75) is 19.9 Å². The lowest BCUT2D eigenvalue weighted by Crippen LogP contribution is -2.15. The minimum Gasteiger partial charge on any atom is -0.477 e. The number of carbonyl (C=O) groups is 1. The second-order valence-electron chi connectivity index (χ2n) is 5.87. The van der Waals surface area contributed by atoms with Crippen molar-refractivity contribution in [2.24, 2.45) is 0 Å². The van der Waals surface area contributed by atoms with Gasteiger partial charge in [0, 0.05) is 18.1 Å². The van der Waals surface area contributed by atoms with Gasteiger partial charge in [-0.2, -0.15) is 0 Å². The number of nitrogens with two attached hydrogens (primary N) is 1. The topological polar surface area (TPSA) is 128 Å². The van der Waals surface area contributed by atoms with Gasteiger partial charge >= 0.3 is 0 Å². The smallest absolute Gasteiger partial charge is 0.275 e. The van der Waals surface area contributed by atoms with Gasteiger partial charge in [-0.25, -0.2) is 15.0 Å². The van der Waals surface area contributed by atoms with Crippen molar-refractivity contribution in [3.8, 4) is 5.88 Å². The maximum Gasteiger partial charge on any atom is 0.275 e. The van der Waals surface area contributed by atoms with Crippen molar-refractivity contribution < 1.29 is 9.53 Å². The van der Waals surface area contributed by atoms with Crippen LogP contribution >= 0.6 is 0 Å². The van der Waals surface area contributed by atoms with Crippen LogP contribution in [0.2, 0.25) is 0 Å². The number of ether oxygens (including phenoxy) is 1. The third kappa shape index (κ3) is 5.13. The highest BCUT2D eigenvalue weighted by Crippen LogP contribution is 2.16. The Kier molecular flexibility index (Phi) is 6.29. The molecular weight excluding hydrogens is 358 g/mol. The molecule has 0 aliphatic carbocycles. The summed E-state index contributed by atoms with van der Waals surface area (Å²) < 4.78 is 5.36. The zero-order valence-electron chi connectivity index (χ0n) is 15.4. The van der Waals surface area contributed by atoms with E-state index in [9.17, 15) is 4.79 Å². The van der Waals surface area contributed by atoms with Gasteiger partial charge < -0.3 is 21.1 Å². The lowest BCUT2D eigenvalue weighted by molar-refractivity contribution is 0.102. The molecule has 0 bridgehead atoms. The highest BCUT2D eigenvalue weighted by Gasteiger charge is 2.10. The first-order valence-corrected chi connectivity index (χ1v) is 8.81. The Morgan fingerprint density at radius 1 is 1.14 bits per heavy atom. The standard InChI is InChI=1S/C19H21N7O2/c1-2-8-28-17-12-24-16(11-25-17)19(27)26-13-5-7-21-14(9-13)10-23-15-4-3-6-22-18(15)20/h3-7,9,11-12,23H,2,8,10H2,1H3,(H2,20,22)(H,21,26,27). The number of nitrogens with zero attached hydrogens (tertiary/aromatic N) is 4. The molecule has 0 aromatic carbocycles. The van der Waals surface area contributed by atoms with Gasteiger partial charge in [-0.3, -0.25) is 9.78 Å². The number of nitrogen functional groups attached to an aromatic ring is 1. The van der Waals surface area contributed by atoms with Gasteiger partial charge in [0.05, 0.1) is 36.9 Å². The van der Waals surface area contributed by atoms with E-state index in [1.54, 1.807) is 30.6 Å². The molecular formula is C19H21N7O2. The first-order valence-electron chi connectivity index (χ1n) is 8.81. The molecule has 0 atom stereocenters. The zero-order valence-corrected chi connectivity index (χ0v) is 15.4. The molecule has 0 spiro atoms. The van der Waals surface area contributed by atoms with E-state index in [1.807, 2.05) is 13.0 Å². The van der Waals surface area contributed by atoms with Gasteiger partial charge in [-0.1, -0.05) is 6.92 Å². The van der Waals surface area contributed by atoms with Crippen LogP contribution < -0.4 is 21.1 Å². The van der Waals surface area contributed by atoms with Gasteiger partial charge in [-0.15, -0.1) is 0 Å². The summed E-state index contributed by atoms with van der Waals surface area (Å²) in [6.45, 7) is 2.99. The molecule has 3 aromatic heterocycles. The fraction of sp³-hybridized carbons (Fsp3) is 0.211. The van der Waals surface area contributed by atoms with Gasteiger partial charge in [0.25, 0.3) is 5.91 Å². The third-order valence-corrected chi connectivity index (χ3v) is 3.69. The molecule has 3 aromatic rings. The minimum absolute atomic E-state index is 0.198. The number of anilines is 3. The van der Waals surface area contributed by atoms with Crippen molar-refractivity contribution in [2.75, 3.05) is 23.0 Å². The monoisotopic (exact) mass is 379 g/mol. The van der Waals surface area contributed by atoms with Crippen LogP contribution in [-0.2, 0) is 6.54 Å². The first kappa shape index (κ1) is 19.0. The molecule has 0 radical (unpaired) electrons. The summed E-state index contributed by atoms with van der Waals surface area (Å²) in [5.41, 5.74) is 8.06. The number of pyridine rings is 2. The van der Waals surface area contributed by atoms with Crippen molar-refractivity contribution in [1.29, 1.82) is 0 Å². The number of nitrogens with one attached hydrogen (secondary N) is 2. The summed E-state index contributed by atoms with van der Waals surface area (Å²) in [5.74, 6) is 0.443. The van der Waals surface area contributed by atoms with Crippen LogP contribution in [-0.4, -0.2) is 32.4 Å². The maximum absolute atomic E-state index is 12.4. The van der Waals surface area contributed by atoms with Crippen LogP contribution in [0.3, 0.4) is 0 Å². The molecule has 0 aliphatic rings. The van der Waals surface area contributed by atoms with Crippen molar-refractivity contribution >= 4 is 23.1 Å². The van der Waals surface area contributed by atoms with Crippen LogP contribution in [0.5, 0.6) is 5.88 Å². The molecule has 9 heteroatoms. The van der Waals surface area contributed by atoms with E-state index in [1.165, 1.54) is 12.4 Å². The van der Waals surface area contributed by atoms with E-state index in [0.717, 1.165) is 17.8 Å². The summed E-state index contributed by atoms with van der Waals surface area (Å²) in [7, 11) is 0. The number of carbonyl (C=O) groups excluding carboxylic acids is 1. The van der Waals surface area contributed by atoms with Gasteiger partial charge in [0.1, 0.15) is 11.5 Å². The molecule has 1 amide bonds.